The third-order valence-electron chi connectivity index (χ3n) is 12.8. The third kappa shape index (κ3) is 17.3. The molecule has 0 aromatic heterocycles. The van der Waals surface area contributed by atoms with Crippen molar-refractivity contribution < 1.29 is 38.0 Å². The summed E-state index contributed by atoms with van der Waals surface area (Å²) in [5.74, 6) is 6.11. The summed E-state index contributed by atoms with van der Waals surface area (Å²) in [6, 6.07) is 37.5. The van der Waals surface area contributed by atoms with Crippen molar-refractivity contribution in [2.75, 3.05) is 13.7 Å². The number of esters is 1. The minimum Gasteiger partial charge on any atom is -0.497 e. The zero-order chi connectivity index (χ0) is 48.0. The SMILES string of the molecule is CCCCCCCCCCCCCC1CC(C[C@@H](C#CC[C@H](OCc2ccc(OC)cc2)[C@@H](O)CO[Si](c2ccccc2)(c2ccccc2)C(C)(C)C)OC(=O)c2ccccc2)OC(C)(C)O1. The van der Waals surface area contributed by atoms with Gasteiger partial charge < -0.3 is 33.2 Å². The van der Waals surface area contributed by atoms with Gasteiger partial charge in [0.2, 0.25) is 0 Å². The number of unbranched alkanes of at least 4 members (excludes halogenated alkanes) is 10. The summed E-state index contributed by atoms with van der Waals surface area (Å²) in [5.41, 5.74) is 1.38. The van der Waals surface area contributed by atoms with Gasteiger partial charge in [0.05, 0.1) is 44.2 Å². The van der Waals surface area contributed by atoms with Gasteiger partial charge in [0.15, 0.2) is 11.9 Å². The van der Waals surface area contributed by atoms with Crippen LogP contribution < -0.4 is 15.1 Å². The lowest BCUT2D eigenvalue weighted by Crippen LogP contribution is -2.67. The number of carbonyl (C=O) groups is 1. The Balaban J connectivity index is 1.32. The quantitative estimate of drug-likeness (QED) is 0.0274. The number of rotatable bonds is 27. The summed E-state index contributed by atoms with van der Waals surface area (Å²) < 4.78 is 38.2. The van der Waals surface area contributed by atoms with Crippen LogP contribution in [0.3, 0.4) is 0 Å². The summed E-state index contributed by atoms with van der Waals surface area (Å²) in [6.45, 7) is 13.1. The number of methoxy groups -OCH3 is 1. The van der Waals surface area contributed by atoms with E-state index in [0.29, 0.717) is 18.4 Å². The molecule has 67 heavy (non-hydrogen) atoms. The van der Waals surface area contributed by atoms with Crippen LogP contribution in [0.4, 0.5) is 0 Å². The van der Waals surface area contributed by atoms with E-state index in [0.717, 1.165) is 34.5 Å². The molecule has 0 radical (unpaired) electrons. The smallest absolute Gasteiger partial charge is 0.339 e. The molecule has 1 aliphatic rings. The van der Waals surface area contributed by atoms with Gasteiger partial charge in [-0.05, 0) is 65.5 Å². The topological polar surface area (TPSA) is 92.7 Å². The van der Waals surface area contributed by atoms with Crippen molar-refractivity contribution in [3.63, 3.8) is 0 Å². The summed E-state index contributed by atoms with van der Waals surface area (Å²) in [4.78, 5) is 13.6. The minimum atomic E-state index is -2.97. The van der Waals surface area contributed by atoms with E-state index in [1.807, 2.05) is 68.4 Å². The van der Waals surface area contributed by atoms with Crippen LogP contribution in [0.1, 0.15) is 154 Å². The number of carbonyl (C=O) groups excluding carboxylic acids is 1. The average molecular weight is 933 g/mol. The Kier molecular flexibility index (Phi) is 22.2. The van der Waals surface area contributed by atoms with Gasteiger partial charge in [-0.2, -0.15) is 0 Å². The van der Waals surface area contributed by atoms with Crippen LogP contribution in [0.25, 0.3) is 0 Å². The zero-order valence-electron chi connectivity index (χ0n) is 41.7. The number of hydrogen-bond acceptors (Lipinski definition) is 8. The molecule has 0 spiro atoms. The lowest BCUT2D eigenvalue weighted by atomic mass is 9.98. The van der Waals surface area contributed by atoms with Crippen molar-refractivity contribution in [3.05, 3.63) is 126 Å². The molecule has 5 rings (SSSR count). The van der Waals surface area contributed by atoms with E-state index >= 15 is 0 Å². The number of aliphatic hydroxyl groups is 1. The second-order valence-electron chi connectivity index (χ2n) is 19.7. The molecule has 1 heterocycles. The second-order valence-corrected chi connectivity index (χ2v) is 24.0. The molecule has 5 atom stereocenters. The van der Waals surface area contributed by atoms with Crippen LogP contribution in [0.5, 0.6) is 5.75 Å². The average Bonchev–Trinajstić information content (AvgIpc) is 3.32. The molecule has 1 N–H and O–H groups in total. The van der Waals surface area contributed by atoms with Gasteiger partial charge >= 0.3 is 5.97 Å². The molecule has 8 nitrogen and oxygen atoms in total. The molecule has 1 saturated heterocycles. The van der Waals surface area contributed by atoms with Crippen molar-refractivity contribution in [1.82, 2.24) is 0 Å². The van der Waals surface area contributed by atoms with Crippen molar-refractivity contribution >= 4 is 24.7 Å². The molecular weight excluding hydrogens is 853 g/mol. The molecule has 0 saturated carbocycles. The van der Waals surface area contributed by atoms with Crippen molar-refractivity contribution in [2.45, 2.75) is 186 Å². The predicted octanol–water partition coefficient (Wildman–Crippen LogP) is 12.1. The summed E-state index contributed by atoms with van der Waals surface area (Å²) in [7, 11) is -1.33. The van der Waals surface area contributed by atoms with Crippen LogP contribution in [0, 0.1) is 11.8 Å². The maximum atomic E-state index is 13.6. The number of benzene rings is 4. The molecule has 1 fully saturated rings. The lowest BCUT2D eigenvalue weighted by Gasteiger charge is -2.43. The van der Waals surface area contributed by atoms with E-state index in [1.54, 1.807) is 19.2 Å². The molecular formula is C58H80O8Si. The van der Waals surface area contributed by atoms with Gasteiger partial charge in [0, 0.05) is 19.3 Å². The Labute approximate surface area is 404 Å². The highest BCUT2D eigenvalue weighted by Gasteiger charge is 2.50. The fourth-order valence-electron chi connectivity index (χ4n) is 9.31. The van der Waals surface area contributed by atoms with Gasteiger partial charge in [-0.1, -0.05) is 201 Å². The Hall–Kier alpha value is -4.27. The zero-order valence-corrected chi connectivity index (χ0v) is 42.7. The monoisotopic (exact) mass is 933 g/mol. The van der Waals surface area contributed by atoms with Crippen molar-refractivity contribution in [2.24, 2.45) is 0 Å². The first-order valence-corrected chi connectivity index (χ1v) is 27.0. The van der Waals surface area contributed by atoms with Crippen molar-refractivity contribution in [3.8, 4) is 17.6 Å². The Bertz CT molecular complexity index is 2000. The number of aliphatic hydroxyl groups excluding tert-OH is 1. The fourth-order valence-corrected chi connectivity index (χ4v) is 13.9. The van der Waals surface area contributed by atoms with Crippen LogP contribution >= 0.6 is 0 Å². The second kappa shape index (κ2) is 27.7. The molecule has 0 amide bonds. The minimum absolute atomic E-state index is 0.0279. The first-order valence-electron chi connectivity index (χ1n) is 25.1. The molecule has 1 aliphatic heterocycles. The third-order valence-corrected chi connectivity index (χ3v) is 17.8. The van der Waals surface area contributed by atoms with E-state index < -0.39 is 38.4 Å². The van der Waals surface area contributed by atoms with E-state index in [4.69, 9.17) is 28.1 Å². The van der Waals surface area contributed by atoms with Gasteiger partial charge in [-0.25, -0.2) is 4.79 Å². The highest BCUT2D eigenvalue weighted by Crippen LogP contribution is 2.37. The maximum Gasteiger partial charge on any atom is 0.339 e. The number of hydrogen-bond donors (Lipinski definition) is 1. The first-order chi connectivity index (χ1) is 32.3. The lowest BCUT2D eigenvalue weighted by molar-refractivity contribution is -0.302. The fraction of sp³-hybridized carbons (Fsp3) is 0.534. The molecule has 0 aliphatic carbocycles. The number of ether oxygens (including phenoxy) is 5. The van der Waals surface area contributed by atoms with Crippen LogP contribution in [0.15, 0.2) is 115 Å². The van der Waals surface area contributed by atoms with E-state index in [1.165, 1.54) is 64.2 Å². The predicted molar refractivity (Wildman–Crippen MR) is 273 cm³/mol. The standard InChI is InChI=1S/C58H80O8Si/c1-8-9-10-11-12-13-14-15-16-17-23-31-50-43-51(66-58(5,6)65-50)42-49(64-56(60)47-29-21-18-22-30-47)32-28-37-55(62-44-46-38-40-48(61-7)41-39-46)54(59)45-63-67(57(2,3)4,52-33-24-19-25-34-52)53-35-26-20-27-36-53/h18-22,24-27,29-30,33-36,38-41,49-51,54-55,59H,8-17,23,31,37,42-45H2,1-7H3/t49-,50?,51?,54+,55+/m1/s1. The van der Waals surface area contributed by atoms with E-state index in [9.17, 15) is 9.90 Å². The summed E-state index contributed by atoms with van der Waals surface area (Å²) in [6.07, 6.45) is 13.7. The summed E-state index contributed by atoms with van der Waals surface area (Å²) in [5, 5.41) is 14.1. The first kappa shape index (κ1) is 53.7. The normalized spacial score (nSPS) is 17.4. The molecule has 4 aromatic rings. The Morgan fingerprint density at radius 1 is 0.761 bits per heavy atom. The van der Waals surface area contributed by atoms with Gasteiger partial charge in [0.25, 0.3) is 8.32 Å². The van der Waals surface area contributed by atoms with Crippen LogP contribution in [0.2, 0.25) is 5.04 Å². The van der Waals surface area contributed by atoms with Gasteiger partial charge in [-0.15, -0.1) is 0 Å². The molecule has 4 aromatic carbocycles. The van der Waals surface area contributed by atoms with Gasteiger partial charge in [-0.3, -0.25) is 0 Å². The molecule has 0 bridgehead atoms. The largest absolute Gasteiger partial charge is 0.497 e. The Morgan fingerprint density at radius 2 is 1.30 bits per heavy atom. The van der Waals surface area contributed by atoms with Crippen LogP contribution in [-0.2, 0) is 30.0 Å². The van der Waals surface area contributed by atoms with E-state index in [-0.39, 0.29) is 36.9 Å². The summed E-state index contributed by atoms with van der Waals surface area (Å²) >= 11 is 0. The highest BCUT2D eigenvalue weighted by molar-refractivity contribution is 6.99. The Morgan fingerprint density at radius 3 is 1.85 bits per heavy atom. The molecule has 364 valence electrons. The molecule has 9 heteroatoms. The van der Waals surface area contributed by atoms with Gasteiger partial charge in [0.1, 0.15) is 11.9 Å². The van der Waals surface area contributed by atoms with E-state index in [2.05, 4.69) is 88.1 Å². The highest BCUT2D eigenvalue weighted by atomic mass is 28.4. The maximum absolute atomic E-state index is 13.6. The molecule has 2 unspecified atom stereocenters. The van der Waals surface area contributed by atoms with Crippen molar-refractivity contribution in [1.29, 1.82) is 0 Å². The van der Waals surface area contributed by atoms with Crippen LogP contribution in [-0.4, -0.2) is 69.4 Å².